The Bertz CT molecular complexity index is 579. The normalized spacial score (nSPS) is 10.7. The van der Waals surface area contributed by atoms with Crippen LogP contribution in [-0.4, -0.2) is 24.1 Å². The first-order valence-corrected chi connectivity index (χ1v) is 6.32. The Hall–Kier alpha value is -2.49. The van der Waals surface area contributed by atoms with Crippen molar-refractivity contribution in [3.05, 3.63) is 65.5 Å². The number of hydrogen-bond donors (Lipinski definition) is 1. The molecule has 0 atom stereocenters. The summed E-state index contributed by atoms with van der Waals surface area (Å²) in [5, 5.41) is 2.49. The van der Waals surface area contributed by atoms with Crippen molar-refractivity contribution in [3.8, 4) is 0 Å². The van der Waals surface area contributed by atoms with Gasteiger partial charge in [0.2, 0.25) is 0 Å². The Labute approximate surface area is 117 Å². The lowest BCUT2D eigenvalue weighted by molar-refractivity contribution is 0.0951. The lowest BCUT2D eigenvalue weighted by Gasteiger charge is -2.02. The molecule has 3 nitrogen and oxygen atoms in total. The monoisotopic (exact) mass is 270 g/mol. The number of carbonyl (C=O) groups excluding carboxylic acids is 1. The molecule has 0 unspecified atom stereocenters. The maximum Gasteiger partial charge on any atom is 0.251 e. The molecule has 0 aliphatic heterocycles. The highest BCUT2D eigenvalue weighted by Crippen LogP contribution is 2.09. The molecule has 0 radical (unpaired) electrons. The van der Waals surface area contributed by atoms with Gasteiger partial charge in [-0.05, 0) is 35.4 Å². The number of hydrogen-bond acceptors (Lipinski definition) is 2. The first kappa shape index (κ1) is 13.9. The van der Waals surface area contributed by atoms with E-state index < -0.39 is 6.67 Å². The minimum Gasteiger partial charge on any atom is -0.349 e. The molecule has 0 saturated heterocycles. The SMILES string of the molecule is O=C(NCCF)c1ccc(/C=C/c2ccncc2)cc1. The van der Waals surface area contributed by atoms with Gasteiger partial charge in [0.25, 0.3) is 5.91 Å². The molecule has 1 aromatic heterocycles. The van der Waals surface area contributed by atoms with Crippen LogP contribution in [-0.2, 0) is 0 Å². The van der Waals surface area contributed by atoms with Crippen LogP contribution in [0.25, 0.3) is 12.2 Å². The minimum absolute atomic E-state index is 0.0442. The summed E-state index contributed by atoms with van der Waals surface area (Å²) in [6.07, 6.45) is 7.40. The summed E-state index contributed by atoms with van der Waals surface area (Å²) in [5.41, 5.74) is 2.58. The number of alkyl halides is 1. The fraction of sp³-hybridized carbons (Fsp3) is 0.125. The van der Waals surface area contributed by atoms with Gasteiger partial charge in [-0.25, -0.2) is 4.39 Å². The standard InChI is InChI=1S/C16H15FN2O/c17-9-12-19-16(20)15-5-3-13(4-6-15)1-2-14-7-10-18-11-8-14/h1-8,10-11H,9,12H2,(H,19,20)/b2-1+. The number of halogens is 1. The second-order valence-corrected chi connectivity index (χ2v) is 4.18. The smallest absolute Gasteiger partial charge is 0.251 e. The number of carbonyl (C=O) groups is 1. The number of amides is 1. The molecule has 0 saturated carbocycles. The van der Waals surface area contributed by atoms with Crippen molar-refractivity contribution in [1.82, 2.24) is 10.3 Å². The summed E-state index contributed by atoms with van der Waals surface area (Å²) in [6.45, 7) is -0.513. The number of nitrogens with zero attached hydrogens (tertiary/aromatic N) is 1. The zero-order valence-corrected chi connectivity index (χ0v) is 10.9. The third-order valence-corrected chi connectivity index (χ3v) is 2.73. The van der Waals surface area contributed by atoms with Gasteiger partial charge in [0.15, 0.2) is 0 Å². The molecule has 0 fully saturated rings. The lowest BCUT2D eigenvalue weighted by Crippen LogP contribution is -2.25. The van der Waals surface area contributed by atoms with Gasteiger partial charge >= 0.3 is 0 Å². The number of rotatable bonds is 5. The van der Waals surface area contributed by atoms with Crippen LogP contribution in [0.2, 0.25) is 0 Å². The van der Waals surface area contributed by atoms with Gasteiger partial charge in [0, 0.05) is 24.5 Å². The summed E-state index contributed by atoms with van der Waals surface area (Å²) in [7, 11) is 0. The van der Waals surface area contributed by atoms with Gasteiger partial charge in [-0.1, -0.05) is 24.3 Å². The molecule has 20 heavy (non-hydrogen) atoms. The van der Waals surface area contributed by atoms with E-state index in [0.717, 1.165) is 11.1 Å². The van der Waals surface area contributed by atoms with E-state index >= 15 is 0 Å². The predicted octanol–water partition coefficient (Wildman–Crippen LogP) is 2.95. The quantitative estimate of drug-likeness (QED) is 0.907. The topological polar surface area (TPSA) is 42.0 Å². The largest absolute Gasteiger partial charge is 0.349 e. The fourth-order valence-corrected chi connectivity index (χ4v) is 1.68. The van der Waals surface area contributed by atoms with Gasteiger partial charge in [-0.15, -0.1) is 0 Å². The molecule has 0 spiro atoms. The fourth-order valence-electron chi connectivity index (χ4n) is 1.68. The summed E-state index contributed by atoms with van der Waals surface area (Å²) >= 11 is 0. The number of aromatic nitrogens is 1. The molecule has 0 aliphatic carbocycles. The molecule has 1 amide bonds. The second kappa shape index (κ2) is 7.19. The van der Waals surface area contributed by atoms with E-state index in [-0.39, 0.29) is 12.5 Å². The number of nitrogens with one attached hydrogen (secondary N) is 1. The van der Waals surface area contributed by atoms with Crippen LogP contribution in [0.5, 0.6) is 0 Å². The van der Waals surface area contributed by atoms with Crippen molar-refractivity contribution in [2.75, 3.05) is 13.2 Å². The van der Waals surface area contributed by atoms with E-state index in [1.807, 2.05) is 36.4 Å². The molecule has 2 rings (SSSR count). The van der Waals surface area contributed by atoms with Crippen molar-refractivity contribution in [2.45, 2.75) is 0 Å². The first-order chi connectivity index (χ1) is 9.79. The van der Waals surface area contributed by atoms with Crippen molar-refractivity contribution in [1.29, 1.82) is 0 Å². The van der Waals surface area contributed by atoms with Crippen molar-refractivity contribution < 1.29 is 9.18 Å². The van der Waals surface area contributed by atoms with Crippen LogP contribution >= 0.6 is 0 Å². The Kier molecular flexibility index (Phi) is 5.00. The van der Waals surface area contributed by atoms with Crippen LogP contribution in [0.3, 0.4) is 0 Å². The average molecular weight is 270 g/mol. The average Bonchev–Trinajstić information content (AvgIpc) is 2.52. The van der Waals surface area contributed by atoms with Gasteiger partial charge in [-0.2, -0.15) is 0 Å². The van der Waals surface area contributed by atoms with Crippen molar-refractivity contribution in [2.24, 2.45) is 0 Å². The Morgan fingerprint density at radius 2 is 1.65 bits per heavy atom. The minimum atomic E-state index is -0.557. The summed E-state index contributed by atoms with van der Waals surface area (Å²) in [4.78, 5) is 15.5. The van der Waals surface area contributed by atoms with Crippen LogP contribution < -0.4 is 5.32 Å². The highest BCUT2D eigenvalue weighted by molar-refractivity contribution is 5.94. The second-order valence-electron chi connectivity index (χ2n) is 4.18. The molecule has 4 heteroatoms. The highest BCUT2D eigenvalue weighted by atomic mass is 19.1. The molecular weight excluding hydrogens is 255 g/mol. The van der Waals surface area contributed by atoms with Crippen molar-refractivity contribution in [3.63, 3.8) is 0 Å². The number of pyridine rings is 1. The van der Waals surface area contributed by atoms with Crippen LogP contribution in [0.4, 0.5) is 4.39 Å². The summed E-state index contributed by atoms with van der Waals surface area (Å²) in [6, 6.07) is 11.0. The van der Waals surface area contributed by atoms with Gasteiger partial charge < -0.3 is 5.32 Å². The van der Waals surface area contributed by atoms with E-state index in [2.05, 4.69) is 10.3 Å². The van der Waals surface area contributed by atoms with E-state index in [1.54, 1.807) is 24.5 Å². The lowest BCUT2D eigenvalue weighted by atomic mass is 10.1. The first-order valence-electron chi connectivity index (χ1n) is 6.32. The van der Waals surface area contributed by atoms with E-state index in [4.69, 9.17) is 0 Å². The van der Waals surface area contributed by atoms with Crippen LogP contribution in [0, 0.1) is 0 Å². The molecule has 1 aromatic carbocycles. The predicted molar refractivity (Wildman–Crippen MR) is 77.9 cm³/mol. The molecule has 1 heterocycles. The molecule has 102 valence electrons. The Morgan fingerprint density at radius 3 is 2.25 bits per heavy atom. The molecule has 2 aromatic rings. The maximum absolute atomic E-state index is 12.0. The third-order valence-electron chi connectivity index (χ3n) is 2.73. The molecule has 0 bridgehead atoms. The Balaban J connectivity index is 2.01. The summed E-state index contributed by atoms with van der Waals surface area (Å²) < 4.78 is 12.0. The van der Waals surface area contributed by atoms with Gasteiger partial charge in [0.1, 0.15) is 6.67 Å². The highest BCUT2D eigenvalue weighted by Gasteiger charge is 2.03. The van der Waals surface area contributed by atoms with Gasteiger partial charge in [0.05, 0.1) is 0 Å². The third kappa shape index (κ3) is 4.02. The van der Waals surface area contributed by atoms with E-state index in [0.29, 0.717) is 5.56 Å². The summed E-state index contributed by atoms with van der Waals surface area (Å²) in [5.74, 6) is -0.257. The van der Waals surface area contributed by atoms with Crippen molar-refractivity contribution >= 4 is 18.1 Å². The molecule has 1 N–H and O–H groups in total. The maximum atomic E-state index is 12.0. The zero-order chi connectivity index (χ0) is 14.2. The van der Waals surface area contributed by atoms with E-state index in [9.17, 15) is 9.18 Å². The number of benzene rings is 1. The van der Waals surface area contributed by atoms with Gasteiger partial charge in [-0.3, -0.25) is 9.78 Å². The molecular formula is C16H15FN2O. The molecule has 0 aliphatic rings. The van der Waals surface area contributed by atoms with Crippen LogP contribution in [0.15, 0.2) is 48.8 Å². The van der Waals surface area contributed by atoms with E-state index in [1.165, 1.54) is 0 Å². The van der Waals surface area contributed by atoms with Crippen LogP contribution in [0.1, 0.15) is 21.5 Å². The zero-order valence-electron chi connectivity index (χ0n) is 10.9. The Morgan fingerprint density at radius 1 is 1.05 bits per heavy atom.